The first kappa shape index (κ1) is 48.0. The van der Waals surface area contributed by atoms with E-state index in [0.717, 1.165) is 33.0 Å². The maximum atomic E-state index is 3.81. The standard InChI is InChI=1S/C80H48P2/c1-5-23-63(24-6-1)81(64-25-7-2-8-26-64)73-51-49-67-53(33-35-55-37-39-61-43-41-57-19-13-21-59-45-47-69(55)77(61)75(57)59)17-15-31-71(67)79(73)80-72-32-16-18-54(68(72)50-52-74(80)82(65-27-9-3-10-28-65)66-29-11-4-12-30-66)34-36-56-38-40-62-44-42-58-20-14-22-60-46-48-70(56)78(62)76(58)60/h1-32,37-52H. The molecule has 0 aliphatic heterocycles. The summed E-state index contributed by atoms with van der Waals surface area (Å²) in [6.45, 7) is 0. The molecular formula is C80H48P2. The van der Waals surface area contributed by atoms with E-state index in [1.54, 1.807) is 0 Å². The molecule has 0 aromatic heterocycles. The van der Waals surface area contributed by atoms with Gasteiger partial charge >= 0.3 is 0 Å². The van der Waals surface area contributed by atoms with Crippen molar-refractivity contribution in [2.24, 2.45) is 0 Å². The number of benzene rings is 16. The van der Waals surface area contributed by atoms with Crippen molar-refractivity contribution in [1.29, 1.82) is 0 Å². The van der Waals surface area contributed by atoms with Crippen molar-refractivity contribution in [1.82, 2.24) is 0 Å². The summed E-state index contributed by atoms with van der Waals surface area (Å²) in [5.41, 5.74) is 6.52. The molecule has 378 valence electrons. The lowest BCUT2D eigenvalue weighted by molar-refractivity contribution is 1.68. The van der Waals surface area contributed by atoms with Gasteiger partial charge in [0.1, 0.15) is 0 Å². The summed E-state index contributed by atoms with van der Waals surface area (Å²) in [7, 11) is -2.18. The van der Waals surface area contributed by atoms with Gasteiger partial charge in [-0.2, -0.15) is 0 Å². The highest BCUT2D eigenvalue weighted by atomic mass is 31.1. The lowest BCUT2D eigenvalue weighted by Crippen LogP contribution is -2.26. The summed E-state index contributed by atoms with van der Waals surface area (Å²) in [5.74, 6) is 15.1. The van der Waals surface area contributed by atoms with E-state index in [1.807, 2.05) is 0 Å². The summed E-state index contributed by atoms with van der Waals surface area (Å²) < 4.78 is 0. The normalized spacial score (nSPS) is 11.7. The molecule has 0 spiro atoms. The minimum Gasteiger partial charge on any atom is -0.0622 e. The zero-order valence-electron chi connectivity index (χ0n) is 44.6. The molecule has 0 aliphatic rings. The van der Waals surface area contributed by atoms with Crippen molar-refractivity contribution >= 4 is 134 Å². The Kier molecular flexibility index (Phi) is 11.7. The van der Waals surface area contributed by atoms with Gasteiger partial charge < -0.3 is 0 Å². The Balaban J connectivity index is 0.984. The Morgan fingerprint density at radius 1 is 0.183 bits per heavy atom. The van der Waals surface area contributed by atoms with Gasteiger partial charge in [0, 0.05) is 22.3 Å². The third-order valence-electron chi connectivity index (χ3n) is 16.6. The van der Waals surface area contributed by atoms with E-state index in [-0.39, 0.29) is 0 Å². The van der Waals surface area contributed by atoms with Gasteiger partial charge in [-0.25, -0.2) is 0 Å². The number of rotatable bonds is 7. The predicted octanol–water partition coefficient (Wildman–Crippen LogP) is 17.8. The molecule has 0 heterocycles. The average molecular weight is 1070 g/mol. The van der Waals surface area contributed by atoms with Crippen molar-refractivity contribution in [2.45, 2.75) is 0 Å². The molecule has 0 fully saturated rings. The van der Waals surface area contributed by atoms with Crippen LogP contribution < -0.4 is 31.8 Å². The second kappa shape index (κ2) is 20.0. The van der Waals surface area contributed by atoms with Crippen LogP contribution in [0.4, 0.5) is 0 Å². The smallest absolute Gasteiger partial charge is 0.0328 e. The predicted molar refractivity (Wildman–Crippen MR) is 357 cm³/mol. The highest BCUT2D eigenvalue weighted by Gasteiger charge is 2.29. The van der Waals surface area contributed by atoms with Crippen LogP contribution in [0.1, 0.15) is 22.3 Å². The van der Waals surface area contributed by atoms with Crippen molar-refractivity contribution in [3.05, 3.63) is 313 Å². The van der Waals surface area contributed by atoms with Crippen LogP contribution in [0, 0.1) is 23.7 Å². The van der Waals surface area contributed by atoms with Gasteiger partial charge in [-0.05, 0) is 169 Å². The quantitative estimate of drug-likeness (QED) is 0.0848. The number of hydrogen-bond donors (Lipinski definition) is 0. The molecule has 0 atom stereocenters. The third-order valence-corrected chi connectivity index (χ3v) is 21.6. The maximum Gasteiger partial charge on any atom is 0.0328 e. The minimum absolute atomic E-state index is 0.995. The highest BCUT2D eigenvalue weighted by Crippen LogP contribution is 2.47. The zero-order valence-corrected chi connectivity index (χ0v) is 46.4. The van der Waals surface area contributed by atoms with E-state index in [0.29, 0.717) is 0 Å². The van der Waals surface area contributed by atoms with Crippen LogP contribution in [0.25, 0.3) is 97.3 Å². The van der Waals surface area contributed by atoms with Crippen LogP contribution in [0.2, 0.25) is 0 Å². The Hall–Kier alpha value is -9.90. The van der Waals surface area contributed by atoms with Crippen LogP contribution in [-0.4, -0.2) is 0 Å². The third kappa shape index (κ3) is 8.04. The second-order valence-electron chi connectivity index (χ2n) is 21.2. The van der Waals surface area contributed by atoms with E-state index in [4.69, 9.17) is 0 Å². The molecule has 0 unspecified atom stereocenters. The van der Waals surface area contributed by atoms with Crippen LogP contribution in [0.15, 0.2) is 291 Å². The zero-order chi connectivity index (χ0) is 54.1. The molecule has 2 heteroatoms. The molecule has 82 heavy (non-hydrogen) atoms. The first-order valence-electron chi connectivity index (χ1n) is 28.0. The van der Waals surface area contributed by atoms with E-state index >= 15 is 0 Å². The van der Waals surface area contributed by atoms with Gasteiger partial charge in [0.05, 0.1) is 0 Å². The molecule has 0 saturated heterocycles. The molecule has 16 aromatic rings. The summed E-state index contributed by atoms with van der Waals surface area (Å²) in [4.78, 5) is 0. The van der Waals surface area contributed by atoms with E-state index in [1.165, 1.54) is 118 Å². The Morgan fingerprint density at radius 3 is 0.817 bits per heavy atom. The second-order valence-corrected chi connectivity index (χ2v) is 25.5. The summed E-state index contributed by atoms with van der Waals surface area (Å²) in [6.07, 6.45) is 0. The topological polar surface area (TPSA) is 0 Å². The fraction of sp³-hybridized carbons (Fsp3) is 0. The SMILES string of the molecule is C(#Cc1ccc2ccc3cccc4ccc1c2c34)c1cccc2c(-c3c(P(c4ccccc4)c4ccccc4)ccc4c(C#Cc5ccc6ccc7cccc8ccc5c6c78)cccc34)c(P(c3ccccc3)c3ccccc3)ccc12. The summed E-state index contributed by atoms with van der Waals surface area (Å²) in [6, 6.07) is 108. The minimum atomic E-state index is -1.09. The Bertz CT molecular complexity index is 4830. The van der Waals surface area contributed by atoms with Gasteiger partial charge in [0.2, 0.25) is 0 Å². The van der Waals surface area contributed by atoms with Gasteiger partial charge in [0.25, 0.3) is 0 Å². The molecule has 0 nitrogen and oxygen atoms in total. The van der Waals surface area contributed by atoms with Crippen molar-refractivity contribution < 1.29 is 0 Å². The van der Waals surface area contributed by atoms with Crippen LogP contribution >= 0.6 is 15.8 Å². The van der Waals surface area contributed by atoms with E-state index < -0.39 is 15.8 Å². The highest BCUT2D eigenvalue weighted by molar-refractivity contribution is 7.80. The van der Waals surface area contributed by atoms with E-state index in [9.17, 15) is 0 Å². The van der Waals surface area contributed by atoms with Crippen LogP contribution in [0.5, 0.6) is 0 Å². The van der Waals surface area contributed by atoms with Gasteiger partial charge in [-0.1, -0.05) is 291 Å². The van der Waals surface area contributed by atoms with Crippen LogP contribution in [-0.2, 0) is 0 Å². The van der Waals surface area contributed by atoms with Gasteiger partial charge in [-0.3, -0.25) is 0 Å². The molecule has 16 aromatic carbocycles. The lowest BCUT2D eigenvalue weighted by atomic mass is 9.90. The molecule has 0 saturated carbocycles. The van der Waals surface area contributed by atoms with Gasteiger partial charge in [0.15, 0.2) is 0 Å². The summed E-state index contributed by atoms with van der Waals surface area (Å²) >= 11 is 0. The Morgan fingerprint density at radius 2 is 0.463 bits per heavy atom. The molecule has 0 N–H and O–H groups in total. The van der Waals surface area contributed by atoms with Crippen LogP contribution in [0.3, 0.4) is 0 Å². The maximum absolute atomic E-state index is 3.81. The average Bonchev–Trinajstić information content (AvgIpc) is 3.18. The largest absolute Gasteiger partial charge is 0.0622 e. The molecule has 0 bridgehead atoms. The van der Waals surface area contributed by atoms with Crippen molar-refractivity contribution in [2.75, 3.05) is 0 Å². The van der Waals surface area contributed by atoms with Crippen molar-refractivity contribution in [3.63, 3.8) is 0 Å². The number of fused-ring (bicyclic) bond motifs is 2. The molecule has 0 radical (unpaired) electrons. The molecule has 0 aliphatic carbocycles. The number of hydrogen-bond acceptors (Lipinski definition) is 0. The molecular weight excluding hydrogens is 1020 g/mol. The summed E-state index contributed by atoms with van der Waals surface area (Å²) in [5, 5.41) is 27.4. The fourth-order valence-corrected chi connectivity index (χ4v) is 17.9. The molecule has 0 amide bonds. The van der Waals surface area contributed by atoms with Gasteiger partial charge in [-0.15, -0.1) is 0 Å². The fourth-order valence-electron chi connectivity index (χ4n) is 12.9. The monoisotopic (exact) mass is 1070 g/mol. The van der Waals surface area contributed by atoms with E-state index in [2.05, 4.69) is 315 Å². The van der Waals surface area contributed by atoms with Crippen molar-refractivity contribution in [3.8, 4) is 34.8 Å². The Labute approximate surface area is 479 Å². The first-order chi connectivity index (χ1) is 40.7. The molecule has 16 rings (SSSR count). The first-order valence-corrected chi connectivity index (χ1v) is 30.7. The lowest BCUT2D eigenvalue weighted by Gasteiger charge is -2.28.